The Labute approximate surface area is 131 Å². The summed E-state index contributed by atoms with van der Waals surface area (Å²) in [6.07, 6.45) is 0. The maximum Gasteiger partial charge on any atom is 0.239 e. The van der Waals surface area contributed by atoms with Crippen LogP contribution in [-0.4, -0.2) is 55.5 Å². The number of hydrogen-bond acceptors (Lipinski definition) is 4. The van der Waals surface area contributed by atoms with E-state index in [-0.39, 0.29) is 12.5 Å². The summed E-state index contributed by atoms with van der Waals surface area (Å²) in [4.78, 5) is 15.7. The SMILES string of the molecule is CN=C(NCC(=O)NCCOC)NCc1c(C)nn(C)c1C. The lowest BCUT2D eigenvalue weighted by atomic mass is 10.2. The normalized spacial score (nSPS) is 11.4. The zero-order chi connectivity index (χ0) is 16.5. The van der Waals surface area contributed by atoms with Crippen molar-refractivity contribution in [2.24, 2.45) is 12.0 Å². The Hall–Kier alpha value is -2.09. The van der Waals surface area contributed by atoms with Gasteiger partial charge in [-0.05, 0) is 13.8 Å². The first-order valence-electron chi connectivity index (χ1n) is 7.18. The second-order valence-electron chi connectivity index (χ2n) is 4.90. The molecule has 0 saturated heterocycles. The Kier molecular flexibility index (Phi) is 7.38. The first kappa shape index (κ1) is 18.0. The quantitative estimate of drug-likeness (QED) is 0.357. The second kappa shape index (κ2) is 9.04. The third-order valence-electron chi connectivity index (χ3n) is 3.36. The summed E-state index contributed by atoms with van der Waals surface area (Å²) in [6, 6.07) is 0. The molecule has 0 aliphatic heterocycles. The lowest BCUT2D eigenvalue weighted by Gasteiger charge is -2.12. The van der Waals surface area contributed by atoms with Gasteiger partial charge in [0, 0.05) is 45.6 Å². The van der Waals surface area contributed by atoms with Gasteiger partial charge in [-0.1, -0.05) is 0 Å². The van der Waals surface area contributed by atoms with E-state index in [4.69, 9.17) is 4.74 Å². The molecular formula is C14H26N6O2. The van der Waals surface area contributed by atoms with Gasteiger partial charge in [-0.25, -0.2) is 0 Å². The zero-order valence-corrected chi connectivity index (χ0v) is 14.0. The Morgan fingerprint density at radius 1 is 1.32 bits per heavy atom. The number of nitrogens with zero attached hydrogens (tertiary/aromatic N) is 3. The molecule has 0 radical (unpaired) electrons. The molecule has 1 amide bonds. The minimum atomic E-state index is -0.103. The molecule has 0 atom stereocenters. The van der Waals surface area contributed by atoms with Gasteiger partial charge in [0.1, 0.15) is 0 Å². The molecule has 0 aliphatic rings. The number of methoxy groups -OCH3 is 1. The number of aromatic nitrogens is 2. The molecule has 0 unspecified atom stereocenters. The molecule has 0 bridgehead atoms. The molecule has 3 N–H and O–H groups in total. The molecule has 1 aromatic heterocycles. The highest BCUT2D eigenvalue weighted by atomic mass is 16.5. The average Bonchev–Trinajstić information content (AvgIpc) is 2.73. The van der Waals surface area contributed by atoms with Crippen LogP contribution in [0.5, 0.6) is 0 Å². The van der Waals surface area contributed by atoms with E-state index >= 15 is 0 Å². The van der Waals surface area contributed by atoms with Crippen LogP contribution < -0.4 is 16.0 Å². The van der Waals surface area contributed by atoms with Gasteiger partial charge < -0.3 is 20.7 Å². The summed E-state index contributed by atoms with van der Waals surface area (Å²) in [6.45, 7) is 5.76. The van der Waals surface area contributed by atoms with Crippen molar-refractivity contribution >= 4 is 11.9 Å². The van der Waals surface area contributed by atoms with Crippen molar-refractivity contribution in [3.8, 4) is 0 Å². The molecule has 124 valence electrons. The molecule has 0 fully saturated rings. The summed E-state index contributed by atoms with van der Waals surface area (Å²) < 4.78 is 6.72. The molecule has 8 nitrogen and oxygen atoms in total. The van der Waals surface area contributed by atoms with E-state index in [2.05, 4.69) is 26.0 Å². The smallest absolute Gasteiger partial charge is 0.239 e. The molecule has 1 aromatic rings. The first-order chi connectivity index (χ1) is 10.5. The Morgan fingerprint density at radius 3 is 2.59 bits per heavy atom. The number of carbonyl (C=O) groups excluding carboxylic acids is 1. The summed E-state index contributed by atoms with van der Waals surface area (Å²) in [7, 11) is 5.18. The van der Waals surface area contributed by atoms with E-state index in [1.807, 2.05) is 25.6 Å². The Morgan fingerprint density at radius 2 is 2.05 bits per heavy atom. The molecule has 0 spiro atoms. The van der Waals surface area contributed by atoms with Crippen molar-refractivity contribution in [2.45, 2.75) is 20.4 Å². The fourth-order valence-corrected chi connectivity index (χ4v) is 1.99. The number of nitrogens with one attached hydrogen (secondary N) is 3. The highest BCUT2D eigenvalue weighted by molar-refractivity contribution is 5.86. The predicted octanol–water partition coefficient (Wildman–Crippen LogP) is -0.535. The fraction of sp³-hybridized carbons (Fsp3) is 0.643. The first-order valence-corrected chi connectivity index (χ1v) is 7.18. The minimum absolute atomic E-state index is 0.103. The van der Waals surface area contributed by atoms with Crippen molar-refractivity contribution < 1.29 is 9.53 Å². The molecule has 8 heteroatoms. The van der Waals surface area contributed by atoms with Crippen molar-refractivity contribution in [1.29, 1.82) is 0 Å². The topological polar surface area (TPSA) is 92.6 Å². The number of hydrogen-bond donors (Lipinski definition) is 3. The molecule has 0 aliphatic carbocycles. The van der Waals surface area contributed by atoms with Crippen LogP contribution in [0.15, 0.2) is 4.99 Å². The third kappa shape index (κ3) is 5.36. The number of guanidine groups is 1. The van der Waals surface area contributed by atoms with Gasteiger partial charge in [0.05, 0.1) is 18.8 Å². The van der Waals surface area contributed by atoms with Crippen LogP contribution in [0, 0.1) is 13.8 Å². The number of aliphatic imine (C=N–C) groups is 1. The molecule has 22 heavy (non-hydrogen) atoms. The summed E-state index contributed by atoms with van der Waals surface area (Å²) in [5.41, 5.74) is 3.23. The summed E-state index contributed by atoms with van der Waals surface area (Å²) in [5.74, 6) is 0.471. The number of amides is 1. The van der Waals surface area contributed by atoms with Crippen molar-refractivity contribution in [1.82, 2.24) is 25.7 Å². The van der Waals surface area contributed by atoms with E-state index in [1.54, 1.807) is 14.2 Å². The highest BCUT2D eigenvalue weighted by Crippen LogP contribution is 2.10. The lowest BCUT2D eigenvalue weighted by Crippen LogP contribution is -2.43. The van der Waals surface area contributed by atoms with Crippen LogP contribution in [0.3, 0.4) is 0 Å². The minimum Gasteiger partial charge on any atom is -0.383 e. The fourth-order valence-electron chi connectivity index (χ4n) is 1.99. The lowest BCUT2D eigenvalue weighted by molar-refractivity contribution is -0.120. The molecule has 1 heterocycles. The van der Waals surface area contributed by atoms with Crippen molar-refractivity contribution in [2.75, 3.05) is 33.9 Å². The van der Waals surface area contributed by atoms with E-state index in [0.29, 0.717) is 25.7 Å². The van der Waals surface area contributed by atoms with Crippen molar-refractivity contribution in [3.05, 3.63) is 17.0 Å². The number of rotatable bonds is 7. The number of carbonyl (C=O) groups is 1. The largest absolute Gasteiger partial charge is 0.383 e. The van der Waals surface area contributed by atoms with E-state index in [9.17, 15) is 4.79 Å². The standard InChI is InChI=1S/C14H26N6O2/c1-10-12(11(2)20(4)19-10)8-17-14(15-3)18-9-13(21)16-6-7-22-5/h6-9H2,1-5H3,(H,16,21)(H2,15,17,18). The van der Waals surface area contributed by atoms with Gasteiger partial charge in [0.2, 0.25) is 5.91 Å². The summed E-state index contributed by atoms with van der Waals surface area (Å²) in [5, 5.41) is 13.3. The van der Waals surface area contributed by atoms with Gasteiger partial charge >= 0.3 is 0 Å². The second-order valence-corrected chi connectivity index (χ2v) is 4.90. The van der Waals surface area contributed by atoms with Gasteiger partial charge in [-0.3, -0.25) is 14.5 Å². The predicted molar refractivity (Wildman–Crippen MR) is 85.8 cm³/mol. The Bertz CT molecular complexity index is 524. The molecule has 1 rings (SSSR count). The average molecular weight is 310 g/mol. The van der Waals surface area contributed by atoms with Crippen molar-refractivity contribution in [3.63, 3.8) is 0 Å². The monoisotopic (exact) mass is 310 g/mol. The van der Waals surface area contributed by atoms with Crippen LogP contribution in [0.25, 0.3) is 0 Å². The summed E-state index contributed by atoms with van der Waals surface area (Å²) >= 11 is 0. The van der Waals surface area contributed by atoms with E-state index in [1.165, 1.54) is 0 Å². The third-order valence-corrected chi connectivity index (χ3v) is 3.36. The van der Waals surface area contributed by atoms with Crippen LogP contribution >= 0.6 is 0 Å². The van der Waals surface area contributed by atoms with E-state index < -0.39 is 0 Å². The van der Waals surface area contributed by atoms with Crippen LogP contribution in [0.2, 0.25) is 0 Å². The van der Waals surface area contributed by atoms with Gasteiger partial charge in [-0.15, -0.1) is 0 Å². The number of aryl methyl sites for hydroxylation is 2. The highest BCUT2D eigenvalue weighted by Gasteiger charge is 2.10. The molecular weight excluding hydrogens is 284 g/mol. The maximum atomic E-state index is 11.6. The van der Waals surface area contributed by atoms with Crippen LogP contribution in [-0.2, 0) is 23.1 Å². The van der Waals surface area contributed by atoms with Crippen LogP contribution in [0.4, 0.5) is 0 Å². The number of ether oxygens (including phenoxy) is 1. The molecule has 0 saturated carbocycles. The van der Waals surface area contributed by atoms with Crippen LogP contribution in [0.1, 0.15) is 17.0 Å². The Balaban J connectivity index is 2.41. The molecule has 0 aromatic carbocycles. The van der Waals surface area contributed by atoms with Gasteiger partial charge in [-0.2, -0.15) is 5.10 Å². The van der Waals surface area contributed by atoms with Gasteiger partial charge in [0.15, 0.2) is 5.96 Å². The van der Waals surface area contributed by atoms with Gasteiger partial charge in [0.25, 0.3) is 0 Å². The zero-order valence-electron chi connectivity index (χ0n) is 14.0. The maximum absolute atomic E-state index is 11.6. The van der Waals surface area contributed by atoms with E-state index in [0.717, 1.165) is 17.0 Å².